The van der Waals surface area contributed by atoms with Gasteiger partial charge >= 0.3 is 6.61 Å². The highest BCUT2D eigenvalue weighted by molar-refractivity contribution is 5.85. The summed E-state index contributed by atoms with van der Waals surface area (Å²) in [5.41, 5.74) is 1.22. The number of alkyl halides is 2. The zero-order chi connectivity index (χ0) is 15.5. The minimum atomic E-state index is -2.78. The van der Waals surface area contributed by atoms with Gasteiger partial charge in [0.1, 0.15) is 5.75 Å². The summed E-state index contributed by atoms with van der Waals surface area (Å²) in [7, 11) is 0. The molecule has 1 N–H and O–H groups in total. The first-order valence-electron chi connectivity index (χ1n) is 7.37. The van der Waals surface area contributed by atoms with Crippen LogP contribution in [0, 0.1) is 5.41 Å². The molecule has 1 aromatic rings. The van der Waals surface area contributed by atoms with E-state index in [-0.39, 0.29) is 42.0 Å². The molecule has 0 aromatic heterocycles. The zero-order valence-electron chi connectivity index (χ0n) is 13.7. The molecule has 1 fully saturated rings. The molecular formula is C16H26Cl2F2N2O. The normalized spacial score (nSPS) is 17.1. The van der Waals surface area contributed by atoms with Gasteiger partial charge in [0.05, 0.1) is 0 Å². The number of rotatable bonds is 4. The minimum Gasteiger partial charge on any atom is -0.435 e. The Hall–Kier alpha value is -0.620. The highest BCUT2D eigenvalue weighted by atomic mass is 35.5. The maximum atomic E-state index is 12.2. The van der Waals surface area contributed by atoms with Crippen LogP contribution in [0.25, 0.3) is 0 Å². The van der Waals surface area contributed by atoms with E-state index in [0.29, 0.717) is 0 Å². The number of ether oxygens (including phenoxy) is 1. The number of hydrogen-bond donors (Lipinski definition) is 1. The molecule has 0 amide bonds. The average Bonchev–Trinajstić information content (AvgIpc) is 2.40. The van der Waals surface area contributed by atoms with Crippen molar-refractivity contribution in [1.82, 2.24) is 10.2 Å². The van der Waals surface area contributed by atoms with Crippen LogP contribution in [0.2, 0.25) is 0 Å². The Balaban J connectivity index is 0.00000242. The van der Waals surface area contributed by atoms with Crippen LogP contribution in [-0.2, 0) is 0 Å². The largest absolute Gasteiger partial charge is 0.435 e. The molecule has 1 aliphatic heterocycles. The van der Waals surface area contributed by atoms with Crippen molar-refractivity contribution in [2.24, 2.45) is 5.41 Å². The van der Waals surface area contributed by atoms with Crippen LogP contribution in [0.3, 0.4) is 0 Å². The summed E-state index contributed by atoms with van der Waals surface area (Å²) >= 11 is 0. The van der Waals surface area contributed by atoms with Crippen LogP contribution in [0.1, 0.15) is 32.4 Å². The second-order valence-corrected chi connectivity index (χ2v) is 6.50. The Kier molecular flexibility index (Phi) is 9.36. The number of hydrogen-bond acceptors (Lipinski definition) is 3. The fourth-order valence-electron chi connectivity index (χ4n) is 3.03. The third-order valence-electron chi connectivity index (χ3n) is 3.76. The second kappa shape index (κ2) is 9.62. The number of benzene rings is 1. The van der Waals surface area contributed by atoms with Gasteiger partial charge < -0.3 is 10.1 Å². The number of halogens is 4. The first kappa shape index (κ1) is 22.4. The zero-order valence-corrected chi connectivity index (χ0v) is 15.4. The maximum Gasteiger partial charge on any atom is 0.387 e. The van der Waals surface area contributed by atoms with Crippen molar-refractivity contribution in [3.05, 3.63) is 29.8 Å². The minimum absolute atomic E-state index is 0. The number of piperazine rings is 1. The summed E-state index contributed by atoms with van der Waals surface area (Å²) in [6.07, 6.45) is 0. The molecule has 1 aromatic carbocycles. The summed E-state index contributed by atoms with van der Waals surface area (Å²) in [4.78, 5) is 2.46. The van der Waals surface area contributed by atoms with Gasteiger partial charge in [-0.3, -0.25) is 4.90 Å². The standard InChI is InChI=1S/C16H24F2N2O.2ClH/c1-16(2,3)14(20-10-8-19-9-11-20)12-4-6-13(7-5-12)21-15(17)18;;/h4-7,14-15,19H,8-11H2,1-3H3;2*1H/t14-;;/m1../s1. The van der Waals surface area contributed by atoms with Crippen LogP contribution in [0.4, 0.5) is 8.78 Å². The van der Waals surface area contributed by atoms with E-state index >= 15 is 0 Å². The predicted octanol–water partition coefficient (Wildman–Crippen LogP) is 4.12. The van der Waals surface area contributed by atoms with Gasteiger partial charge in [-0.05, 0) is 23.1 Å². The summed E-state index contributed by atoms with van der Waals surface area (Å²) in [6.45, 7) is 7.82. The summed E-state index contributed by atoms with van der Waals surface area (Å²) in [5.74, 6) is 0.210. The number of nitrogens with one attached hydrogen (secondary N) is 1. The lowest BCUT2D eigenvalue weighted by atomic mass is 9.81. The first-order valence-corrected chi connectivity index (χ1v) is 7.37. The van der Waals surface area contributed by atoms with E-state index in [1.807, 2.05) is 12.1 Å². The Morgan fingerprint density at radius 1 is 1.04 bits per heavy atom. The molecule has 23 heavy (non-hydrogen) atoms. The summed E-state index contributed by atoms with van der Waals surface area (Å²) in [6, 6.07) is 7.32. The fourth-order valence-corrected chi connectivity index (χ4v) is 3.03. The summed E-state index contributed by atoms with van der Waals surface area (Å²) in [5, 5.41) is 3.36. The van der Waals surface area contributed by atoms with E-state index in [0.717, 1.165) is 31.7 Å². The third-order valence-corrected chi connectivity index (χ3v) is 3.76. The van der Waals surface area contributed by atoms with E-state index in [9.17, 15) is 8.78 Å². The molecular weight excluding hydrogens is 345 g/mol. The van der Waals surface area contributed by atoms with Gasteiger partial charge in [-0.15, -0.1) is 24.8 Å². The van der Waals surface area contributed by atoms with Crippen LogP contribution in [0.5, 0.6) is 5.75 Å². The van der Waals surface area contributed by atoms with Crippen molar-refractivity contribution in [3.8, 4) is 5.75 Å². The lowest BCUT2D eigenvalue weighted by Crippen LogP contribution is -2.48. The van der Waals surface area contributed by atoms with Gasteiger partial charge in [0.15, 0.2) is 0 Å². The number of nitrogens with zero attached hydrogens (tertiary/aromatic N) is 1. The molecule has 1 atom stereocenters. The van der Waals surface area contributed by atoms with Gasteiger partial charge in [0, 0.05) is 32.2 Å². The van der Waals surface area contributed by atoms with Crippen molar-refractivity contribution in [2.45, 2.75) is 33.4 Å². The van der Waals surface area contributed by atoms with Crippen molar-refractivity contribution < 1.29 is 13.5 Å². The molecule has 1 aliphatic rings. The van der Waals surface area contributed by atoms with Crippen molar-refractivity contribution in [3.63, 3.8) is 0 Å². The Labute approximate surface area is 149 Å². The molecule has 2 rings (SSSR count). The van der Waals surface area contributed by atoms with Crippen LogP contribution >= 0.6 is 24.8 Å². The first-order chi connectivity index (χ1) is 9.88. The van der Waals surface area contributed by atoms with Crippen molar-refractivity contribution in [1.29, 1.82) is 0 Å². The quantitative estimate of drug-likeness (QED) is 0.862. The van der Waals surface area contributed by atoms with Gasteiger partial charge in [0.2, 0.25) is 0 Å². The molecule has 0 saturated carbocycles. The topological polar surface area (TPSA) is 24.5 Å². The highest BCUT2D eigenvalue weighted by Gasteiger charge is 2.32. The molecule has 1 saturated heterocycles. The molecule has 134 valence electrons. The Morgan fingerprint density at radius 3 is 2.00 bits per heavy atom. The van der Waals surface area contributed by atoms with E-state index in [1.54, 1.807) is 12.1 Å². The molecule has 1 heterocycles. The molecule has 0 spiro atoms. The summed E-state index contributed by atoms with van der Waals surface area (Å²) < 4.78 is 28.9. The third kappa shape index (κ3) is 6.42. The van der Waals surface area contributed by atoms with Crippen LogP contribution in [0.15, 0.2) is 24.3 Å². The highest BCUT2D eigenvalue weighted by Crippen LogP contribution is 2.38. The lowest BCUT2D eigenvalue weighted by molar-refractivity contribution is -0.0498. The van der Waals surface area contributed by atoms with Gasteiger partial charge in [-0.25, -0.2) is 0 Å². The van der Waals surface area contributed by atoms with Crippen molar-refractivity contribution in [2.75, 3.05) is 26.2 Å². The monoisotopic (exact) mass is 370 g/mol. The van der Waals surface area contributed by atoms with Gasteiger partial charge in [-0.2, -0.15) is 8.78 Å². The van der Waals surface area contributed by atoms with Gasteiger partial charge in [0.25, 0.3) is 0 Å². The van der Waals surface area contributed by atoms with Crippen LogP contribution in [-0.4, -0.2) is 37.7 Å². The molecule has 3 nitrogen and oxygen atoms in total. The smallest absolute Gasteiger partial charge is 0.387 e. The molecule has 0 aliphatic carbocycles. The molecule has 0 unspecified atom stereocenters. The van der Waals surface area contributed by atoms with Crippen molar-refractivity contribution >= 4 is 24.8 Å². The lowest BCUT2D eigenvalue weighted by Gasteiger charge is -2.42. The fraction of sp³-hybridized carbons (Fsp3) is 0.625. The predicted molar refractivity (Wildman–Crippen MR) is 94.2 cm³/mol. The second-order valence-electron chi connectivity index (χ2n) is 6.50. The van der Waals surface area contributed by atoms with Gasteiger partial charge in [-0.1, -0.05) is 32.9 Å². The van der Waals surface area contributed by atoms with E-state index in [4.69, 9.17) is 0 Å². The van der Waals surface area contributed by atoms with E-state index < -0.39 is 6.61 Å². The van der Waals surface area contributed by atoms with E-state index in [1.165, 1.54) is 0 Å². The molecule has 0 bridgehead atoms. The Morgan fingerprint density at radius 2 is 1.57 bits per heavy atom. The SMILES string of the molecule is CC(C)(C)[C@@H](c1ccc(OC(F)F)cc1)N1CCNCC1.Cl.Cl. The molecule has 7 heteroatoms. The van der Waals surface area contributed by atoms with Crippen LogP contribution < -0.4 is 10.1 Å². The molecule has 0 radical (unpaired) electrons. The van der Waals surface area contributed by atoms with E-state index in [2.05, 4.69) is 35.7 Å². The maximum absolute atomic E-state index is 12.2. The average molecular weight is 371 g/mol. The Bertz CT molecular complexity index is 446.